The van der Waals surface area contributed by atoms with Crippen molar-refractivity contribution >= 4 is 10.0 Å². The van der Waals surface area contributed by atoms with E-state index in [-0.39, 0.29) is 18.0 Å². The van der Waals surface area contributed by atoms with E-state index in [1.54, 1.807) is 12.1 Å². The normalized spacial score (nSPS) is 11.1. The van der Waals surface area contributed by atoms with Crippen LogP contribution in [-0.2, 0) is 10.0 Å². The number of hydrogen-bond donors (Lipinski definition) is 1. The minimum Gasteiger partial charge on any atom is -0.493 e. The molecule has 1 aromatic heterocycles. The van der Waals surface area contributed by atoms with Gasteiger partial charge in [0.1, 0.15) is 6.61 Å². The molecule has 1 heterocycles. The van der Waals surface area contributed by atoms with Gasteiger partial charge in [0.25, 0.3) is 0 Å². The molecule has 152 valence electrons. The molecule has 29 heavy (non-hydrogen) atoms. The van der Waals surface area contributed by atoms with Crippen LogP contribution < -0.4 is 18.9 Å². The van der Waals surface area contributed by atoms with E-state index in [1.807, 2.05) is 30.3 Å². The monoisotopic (exact) mass is 415 g/mol. The van der Waals surface area contributed by atoms with Crippen molar-refractivity contribution in [2.45, 2.75) is 4.90 Å². The molecule has 0 atom stereocenters. The number of sulfonamides is 1. The molecule has 9 heteroatoms. The summed E-state index contributed by atoms with van der Waals surface area (Å²) in [7, 11) is -0.790. The number of nitrogens with zero attached hydrogens (tertiary/aromatic N) is 2. The van der Waals surface area contributed by atoms with Gasteiger partial charge in [-0.1, -0.05) is 30.3 Å². The molecule has 0 aliphatic rings. The van der Waals surface area contributed by atoms with Gasteiger partial charge in [0.05, 0.1) is 24.8 Å². The van der Waals surface area contributed by atoms with Crippen molar-refractivity contribution in [3.63, 3.8) is 0 Å². The fraction of sp³-hybridized carbons (Fsp3) is 0.200. The summed E-state index contributed by atoms with van der Waals surface area (Å²) in [5, 5.41) is 8.13. The Kier molecular flexibility index (Phi) is 6.63. The van der Waals surface area contributed by atoms with Gasteiger partial charge >= 0.3 is 0 Å². The Morgan fingerprint density at radius 3 is 2.31 bits per heavy atom. The van der Waals surface area contributed by atoms with Crippen molar-refractivity contribution in [1.29, 1.82) is 0 Å². The molecule has 3 aromatic rings. The van der Waals surface area contributed by atoms with Crippen LogP contribution in [0.5, 0.6) is 17.4 Å². The van der Waals surface area contributed by atoms with E-state index in [0.717, 1.165) is 11.3 Å². The van der Waals surface area contributed by atoms with E-state index in [4.69, 9.17) is 14.2 Å². The standard InChI is InChI=1S/C20H21N3O5S/c1-26-18-10-8-16(14-19(18)27-2)29(24,25)21-12-13-28-20-11-9-17(22-23-20)15-6-4-3-5-7-15/h3-11,14,21H,12-13H2,1-2H3. The molecule has 0 saturated heterocycles. The van der Waals surface area contributed by atoms with Crippen molar-refractivity contribution in [3.05, 3.63) is 60.7 Å². The van der Waals surface area contributed by atoms with Gasteiger partial charge in [-0.15, -0.1) is 10.2 Å². The van der Waals surface area contributed by atoms with Crippen LogP contribution in [0.1, 0.15) is 0 Å². The SMILES string of the molecule is COc1ccc(S(=O)(=O)NCCOc2ccc(-c3ccccc3)nn2)cc1OC. The highest BCUT2D eigenvalue weighted by atomic mass is 32.2. The topological polar surface area (TPSA) is 99.6 Å². The second-order valence-electron chi connectivity index (χ2n) is 5.89. The highest BCUT2D eigenvalue weighted by Gasteiger charge is 2.16. The second kappa shape index (κ2) is 9.35. The van der Waals surface area contributed by atoms with Crippen molar-refractivity contribution in [2.75, 3.05) is 27.4 Å². The minimum absolute atomic E-state index is 0.0682. The van der Waals surface area contributed by atoms with Crippen LogP contribution in [-0.4, -0.2) is 46.0 Å². The van der Waals surface area contributed by atoms with E-state index in [2.05, 4.69) is 14.9 Å². The van der Waals surface area contributed by atoms with Crippen LogP contribution in [0.2, 0.25) is 0 Å². The van der Waals surface area contributed by atoms with Gasteiger partial charge in [0.15, 0.2) is 11.5 Å². The molecule has 0 radical (unpaired) electrons. The fourth-order valence-corrected chi connectivity index (χ4v) is 3.59. The predicted molar refractivity (Wildman–Crippen MR) is 108 cm³/mol. The van der Waals surface area contributed by atoms with Crippen LogP contribution in [0.3, 0.4) is 0 Å². The number of nitrogens with one attached hydrogen (secondary N) is 1. The Hall–Kier alpha value is -3.17. The number of hydrogen-bond acceptors (Lipinski definition) is 7. The first kappa shape index (κ1) is 20.6. The molecule has 0 spiro atoms. The fourth-order valence-electron chi connectivity index (χ4n) is 2.56. The zero-order chi connectivity index (χ0) is 20.7. The Labute approximate surface area is 169 Å². The molecule has 0 amide bonds. The third-order valence-electron chi connectivity index (χ3n) is 4.02. The minimum atomic E-state index is -3.72. The molecule has 0 aliphatic heterocycles. The summed E-state index contributed by atoms with van der Waals surface area (Å²) in [6.07, 6.45) is 0. The zero-order valence-electron chi connectivity index (χ0n) is 16.0. The van der Waals surface area contributed by atoms with Gasteiger partial charge in [-0.25, -0.2) is 13.1 Å². The Bertz CT molecular complexity index is 1040. The highest BCUT2D eigenvalue weighted by molar-refractivity contribution is 7.89. The van der Waals surface area contributed by atoms with Gasteiger partial charge in [-0.3, -0.25) is 0 Å². The van der Waals surface area contributed by atoms with Crippen LogP contribution in [0.4, 0.5) is 0 Å². The molecule has 3 rings (SSSR count). The van der Waals surface area contributed by atoms with Gasteiger partial charge in [-0.2, -0.15) is 0 Å². The Morgan fingerprint density at radius 2 is 1.66 bits per heavy atom. The van der Waals surface area contributed by atoms with Crippen molar-refractivity contribution < 1.29 is 22.6 Å². The van der Waals surface area contributed by atoms with Gasteiger partial charge in [0, 0.05) is 24.2 Å². The average molecular weight is 415 g/mol. The third kappa shape index (κ3) is 5.21. The summed E-state index contributed by atoms with van der Waals surface area (Å²) in [4.78, 5) is 0.0714. The average Bonchev–Trinajstić information content (AvgIpc) is 2.77. The second-order valence-corrected chi connectivity index (χ2v) is 7.65. The number of methoxy groups -OCH3 is 2. The van der Waals surface area contributed by atoms with Gasteiger partial charge in [0.2, 0.25) is 15.9 Å². The quantitative estimate of drug-likeness (QED) is 0.536. The summed E-state index contributed by atoms with van der Waals surface area (Å²) < 4.78 is 43.0. The van der Waals surface area contributed by atoms with Crippen molar-refractivity contribution in [2.24, 2.45) is 0 Å². The van der Waals surface area contributed by atoms with Crippen LogP contribution in [0.25, 0.3) is 11.3 Å². The summed E-state index contributed by atoms with van der Waals surface area (Å²) in [6, 6.07) is 17.5. The number of benzene rings is 2. The first-order valence-electron chi connectivity index (χ1n) is 8.77. The predicted octanol–water partition coefficient (Wildman–Crippen LogP) is 2.52. The molecular weight excluding hydrogens is 394 g/mol. The molecule has 2 aromatic carbocycles. The van der Waals surface area contributed by atoms with Gasteiger partial charge < -0.3 is 14.2 Å². The first-order valence-corrected chi connectivity index (χ1v) is 10.3. The summed E-state index contributed by atoms with van der Waals surface area (Å²) >= 11 is 0. The molecular formula is C20H21N3O5S. The molecule has 0 fully saturated rings. The molecule has 0 unspecified atom stereocenters. The lowest BCUT2D eigenvalue weighted by atomic mass is 10.1. The van der Waals surface area contributed by atoms with Gasteiger partial charge in [-0.05, 0) is 18.2 Å². The van der Waals surface area contributed by atoms with E-state index >= 15 is 0 Å². The van der Waals surface area contributed by atoms with Crippen molar-refractivity contribution in [1.82, 2.24) is 14.9 Å². The Morgan fingerprint density at radius 1 is 0.897 bits per heavy atom. The highest BCUT2D eigenvalue weighted by Crippen LogP contribution is 2.29. The Balaban J connectivity index is 1.54. The number of rotatable bonds is 9. The van der Waals surface area contributed by atoms with Crippen LogP contribution >= 0.6 is 0 Å². The zero-order valence-corrected chi connectivity index (χ0v) is 16.8. The largest absolute Gasteiger partial charge is 0.493 e. The molecule has 0 saturated carbocycles. The lowest BCUT2D eigenvalue weighted by molar-refractivity contribution is 0.307. The van der Waals surface area contributed by atoms with E-state index in [9.17, 15) is 8.42 Å². The summed E-state index contributed by atoms with van der Waals surface area (Å²) in [5.74, 6) is 1.10. The van der Waals surface area contributed by atoms with E-state index < -0.39 is 10.0 Å². The third-order valence-corrected chi connectivity index (χ3v) is 5.48. The number of aromatic nitrogens is 2. The lowest BCUT2D eigenvalue weighted by Gasteiger charge is -2.11. The molecule has 8 nitrogen and oxygen atoms in total. The molecule has 0 bridgehead atoms. The maximum Gasteiger partial charge on any atom is 0.240 e. The van der Waals surface area contributed by atoms with E-state index in [1.165, 1.54) is 32.4 Å². The number of ether oxygens (including phenoxy) is 3. The summed E-state index contributed by atoms with van der Waals surface area (Å²) in [5.41, 5.74) is 1.68. The lowest BCUT2D eigenvalue weighted by Crippen LogP contribution is -2.28. The van der Waals surface area contributed by atoms with E-state index in [0.29, 0.717) is 17.4 Å². The van der Waals surface area contributed by atoms with Crippen molar-refractivity contribution in [3.8, 4) is 28.6 Å². The smallest absolute Gasteiger partial charge is 0.240 e. The summed E-state index contributed by atoms with van der Waals surface area (Å²) in [6.45, 7) is 0.171. The molecule has 1 N–H and O–H groups in total. The van der Waals surface area contributed by atoms with Crippen LogP contribution in [0, 0.1) is 0 Å². The van der Waals surface area contributed by atoms with Crippen LogP contribution in [0.15, 0.2) is 65.6 Å². The maximum atomic E-state index is 12.4. The molecule has 0 aliphatic carbocycles. The maximum absolute atomic E-state index is 12.4. The first-order chi connectivity index (χ1) is 14.0.